The summed E-state index contributed by atoms with van der Waals surface area (Å²) in [6.45, 7) is 5.05. The molecule has 1 amide bonds. The predicted octanol–water partition coefficient (Wildman–Crippen LogP) is 2.24. The summed E-state index contributed by atoms with van der Waals surface area (Å²) in [5.41, 5.74) is 0.895. The number of halogens is 1. The molecular formula is C15H23ClN2O2. The van der Waals surface area contributed by atoms with E-state index in [0.717, 1.165) is 38.2 Å². The van der Waals surface area contributed by atoms with Crippen molar-refractivity contribution in [2.75, 3.05) is 26.7 Å². The quantitative estimate of drug-likeness (QED) is 0.896. The zero-order valence-corrected chi connectivity index (χ0v) is 12.9. The van der Waals surface area contributed by atoms with Crippen LogP contribution in [0.3, 0.4) is 0 Å². The standard InChI is InChI=1S/C15H22N2O2.ClH/c1-15(7-9-16-10-8-15)11-17-14(18)12-3-5-13(19-2)6-4-12;/h3-6,16H,7-11H2,1-2H3,(H,17,18);1H. The Labute approximate surface area is 126 Å². The van der Waals surface area contributed by atoms with E-state index in [2.05, 4.69) is 17.6 Å². The summed E-state index contributed by atoms with van der Waals surface area (Å²) in [4.78, 5) is 12.1. The molecule has 0 aromatic heterocycles. The summed E-state index contributed by atoms with van der Waals surface area (Å²) in [7, 11) is 1.62. The summed E-state index contributed by atoms with van der Waals surface area (Å²) >= 11 is 0. The fraction of sp³-hybridized carbons (Fsp3) is 0.533. The largest absolute Gasteiger partial charge is 0.497 e. The third-order valence-corrected chi connectivity index (χ3v) is 3.84. The highest BCUT2D eigenvalue weighted by Gasteiger charge is 2.27. The van der Waals surface area contributed by atoms with Crippen molar-refractivity contribution in [3.8, 4) is 5.75 Å². The van der Waals surface area contributed by atoms with E-state index < -0.39 is 0 Å². The van der Waals surface area contributed by atoms with Gasteiger partial charge in [-0.15, -0.1) is 12.4 Å². The molecule has 0 bridgehead atoms. The molecule has 1 saturated heterocycles. The molecule has 4 nitrogen and oxygen atoms in total. The number of carbonyl (C=O) groups excluding carboxylic acids is 1. The average molecular weight is 299 g/mol. The molecule has 0 unspecified atom stereocenters. The van der Waals surface area contributed by atoms with Gasteiger partial charge in [0.1, 0.15) is 5.75 Å². The minimum Gasteiger partial charge on any atom is -0.497 e. The monoisotopic (exact) mass is 298 g/mol. The van der Waals surface area contributed by atoms with E-state index in [1.54, 1.807) is 31.4 Å². The number of carbonyl (C=O) groups is 1. The molecule has 1 aliphatic rings. The first-order chi connectivity index (χ1) is 9.13. The van der Waals surface area contributed by atoms with E-state index in [9.17, 15) is 4.79 Å². The van der Waals surface area contributed by atoms with Gasteiger partial charge in [-0.1, -0.05) is 6.92 Å². The van der Waals surface area contributed by atoms with Gasteiger partial charge in [0.25, 0.3) is 5.91 Å². The van der Waals surface area contributed by atoms with Crippen molar-refractivity contribution in [1.29, 1.82) is 0 Å². The van der Waals surface area contributed by atoms with Gasteiger partial charge in [-0.25, -0.2) is 0 Å². The van der Waals surface area contributed by atoms with E-state index in [4.69, 9.17) is 4.74 Å². The van der Waals surface area contributed by atoms with Crippen LogP contribution in [-0.2, 0) is 0 Å². The van der Waals surface area contributed by atoms with Crippen molar-refractivity contribution in [3.63, 3.8) is 0 Å². The predicted molar refractivity (Wildman–Crippen MR) is 82.8 cm³/mol. The maximum Gasteiger partial charge on any atom is 0.251 e. The van der Waals surface area contributed by atoms with Gasteiger partial charge in [0.2, 0.25) is 0 Å². The summed E-state index contributed by atoms with van der Waals surface area (Å²) in [6, 6.07) is 7.19. The van der Waals surface area contributed by atoms with Gasteiger partial charge in [0.05, 0.1) is 7.11 Å². The first-order valence-corrected chi connectivity index (χ1v) is 6.76. The van der Waals surface area contributed by atoms with E-state index in [1.165, 1.54) is 0 Å². The van der Waals surface area contributed by atoms with Crippen molar-refractivity contribution < 1.29 is 9.53 Å². The van der Waals surface area contributed by atoms with Gasteiger partial charge >= 0.3 is 0 Å². The lowest BCUT2D eigenvalue weighted by Gasteiger charge is -2.34. The van der Waals surface area contributed by atoms with Gasteiger partial charge in [-0.3, -0.25) is 4.79 Å². The molecule has 1 aliphatic heterocycles. The SMILES string of the molecule is COc1ccc(C(=O)NCC2(C)CCNCC2)cc1.Cl. The molecule has 0 atom stereocenters. The number of rotatable bonds is 4. The molecule has 0 saturated carbocycles. The van der Waals surface area contributed by atoms with Crippen LogP contribution in [0.4, 0.5) is 0 Å². The third-order valence-electron chi connectivity index (χ3n) is 3.84. The van der Waals surface area contributed by atoms with E-state index in [0.29, 0.717) is 5.56 Å². The average Bonchev–Trinajstić information content (AvgIpc) is 2.46. The summed E-state index contributed by atoms with van der Waals surface area (Å²) in [5, 5.41) is 6.38. The zero-order valence-electron chi connectivity index (χ0n) is 12.1. The summed E-state index contributed by atoms with van der Waals surface area (Å²) < 4.78 is 5.08. The highest BCUT2D eigenvalue weighted by molar-refractivity contribution is 5.94. The van der Waals surface area contributed by atoms with Crippen molar-refractivity contribution in [2.24, 2.45) is 5.41 Å². The summed E-state index contributed by atoms with van der Waals surface area (Å²) in [6.07, 6.45) is 2.21. The topological polar surface area (TPSA) is 50.4 Å². The Balaban J connectivity index is 0.00000200. The van der Waals surface area contributed by atoms with Gasteiger partial charge in [-0.05, 0) is 55.6 Å². The van der Waals surface area contributed by atoms with Gasteiger partial charge in [0, 0.05) is 12.1 Å². The maximum absolute atomic E-state index is 12.1. The summed E-state index contributed by atoms with van der Waals surface area (Å²) in [5.74, 6) is 0.754. The number of benzene rings is 1. The molecule has 0 radical (unpaired) electrons. The Morgan fingerprint density at radius 3 is 2.45 bits per heavy atom. The van der Waals surface area contributed by atoms with Crippen molar-refractivity contribution >= 4 is 18.3 Å². The smallest absolute Gasteiger partial charge is 0.251 e. The number of piperidine rings is 1. The second-order valence-electron chi connectivity index (χ2n) is 5.47. The van der Waals surface area contributed by atoms with Crippen LogP contribution in [0.25, 0.3) is 0 Å². The minimum absolute atomic E-state index is 0. The van der Waals surface area contributed by atoms with Gasteiger partial charge in [0.15, 0.2) is 0 Å². The minimum atomic E-state index is -0.0117. The molecule has 1 fully saturated rings. The van der Waals surface area contributed by atoms with Crippen molar-refractivity contribution in [3.05, 3.63) is 29.8 Å². The van der Waals surface area contributed by atoms with Crippen LogP contribution in [0, 0.1) is 5.41 Å². The number of nitrogens with one attached hydrogen (secondary N) is 2. The number of hydrogen-bond acceptors (Lipinski definition) is 3. The zero-order chi connectivity index (χ0) is 13.7. The number of amides is 1. The van der Waals surface area contributed by atoms with Crippen LogP contribution in [0.1, 0.15) is 30.1 Å². The molecule has 0 spiro atoms. The molecule has 112 valence electrons. The first kappa shape index (κ1) is 16.8. The maximum atomic E-state index is 12.1. The molecule has 0 aliphatic carbocycles. The van der Waals surface area contributed by atoms with E-state index in [1.807, 2.05) is 0 Å². The third kappa shape index (κ3) is 4.39. The van der Waals surface area contributed by atoms with Crippen LogP contribution in [0.2, 0.25) is 0 Å². The van der Waals surface area contributed by atoms with E-state index in [-0.39, 0.29) is 23.7 Å². The number of ether oxygens (including phenoxy) is 1. The Kier molecular flexibility index (Phi) is 6.30. The Hall–Kier alpha value is -1.26. The lowest BCUT2D eigenvalue weighted by Crippen LogP contribution is -2.42. The van der Waals surface area contributed by atoms with Crippen molar-refractivity contribution in [1.82, 2.24) is 10.6 Å². The molecule has 20 heavy (non-hydrogen) atoms. The number of methoxy groups -OCH3 is 1. The van der Waals surface area contributed by atoms with Gasteiger partial charge < -0.3 is 15.4 Å². The van der Waals surface area contributed by atoms with Crippen LogP contribution < -0.4 is 15.4 Å². The Morgan fingerprint density at radius 1 is 1.30 bits per heavy atom. The van der Waals surface area contributed by atoms with Crippen LogP contribution in [-0.4, -0.2) is 32.7 Å². The lowest BCUT2D eigenvalue weighted by atomic mass is 9.81. The molecule has 2 N–H and O–H groups in total. The van der Waals surface area contributed by atoms with Crippen molar-refractivity contribution in [2.45, 2.75) is 19.8 Å². The highest BCUT2D eigenvalue weighted by Crippen LogP contribution is 2.26. The molecule has 2 rings (SSSR count). The molecule has 1 aromatic carbocycles. The molecule has 1 aromatic rings. The fourth-order valence-electron chi connectivity index (χ4n) is 2.35. The lowest BCUT2D eigenvalue weighted by molar-refractivity contribution is 0.0922. The highest BCUT2D eigenvalue weighted by atomic mass is 35.5. The normalized spacial score (nSPS) is 16.9. The van der Waals surface area contributed by atoms with Crippen LogP contribution in [0.5, 0.6) is 5.75 Å². The van der Waals surface area contributed by atoms with Crippen LogP contribution in [0.15, 0.2) is 24.3 Å². The molecular weight excluding hydrogens is 276 g/mol. The van der Waals surface area contributed by atoms with E-state index >= 15 is 0 Å². The Bertz CT molecular complexity index is 428. The molecule has 5 heteroatoms. The fourth-order valence-corrected chi connectivity index (χ4v) is 2.35. The second kappa shape index (κ2) is 7.50. The number of hydrogen-bond donors (Lipinski definition) is 2. The molecule has 1 heterocycles. The second-order valence-corrected chi connectivity index (χ2v) is 5.47. The van der Waals surface area contributed by atoms with Crippen LogP contribution >= 0.6 is 12.4 Å². The van der Waals surface area contributed by atoms with Gasteiger partial charge in [-0.2, -0.15) is 0 Å². The first-order valence-electron chi connectivity index (χ1n) is 6.76. The Morgan fingerprint density at radius 2 is 1.90 bits per heavy atom.